The number of halogens is 3. The molecule has 0 fully saturated rings. The molecule has 0 N–H and O–H groups in total. The zero-order valence-corrected chi connectivity index (χ0v) is 20.5. The molecule has 0 atom stereocenters. The van der Waals surface area contributed by atoms with Crippen LogP contribution in [0, 0.1) is 17.5 Å². The van der Waals surface area contributed by atoms with Gasteiger partial charge in [-0.25, -0.2) is 25.9 Å². The van der Waals surface area contributed by atoms with E-state index in [0.29, 0.717) is 22.0 Å². The topological polar surface area (TPSA) is 94.4 Å². The van der Waals surface area contributed by atoms with E-state index >= 15 is 8.78 Å². The number of carbonyl (C=O) groups excluding carboxylic acids is 1. The van der Waals surface area contributed by atoms with Gasteiger partial charge in [0.2, 0.25) is 0 Å². The SMILES string of the molecule is CCn1cc(-c2ccncc2)c(-c2c(F)ccc(N(COC(C)=O)S(=O)(=O)c3cccc(F)c3)c2F)n1. The Morgan fingerprint density at radius 3 is 2.46 bits per heavy atom. The number of aryl methyl sites for hydroxylation is 1. The quantitative estimate of drug-likeness (QED) is 0.241. The van der Waals surface area contributed by atoms with Crippen LogP contribution in [0.3, 0.4) is 0 Å². The number of hydrogen-bond acceptors (Lipinski definition) is 6. The first kappa shape index (κ1) is 25.9. The Labute approximate surface area is 211 Å². The maximum absolute atomic E-state index is 16.1. The summed E-state index contributed by atoms with van der Waals surface area (Å²) in [6.07, 6.45) is 4.63. The molecule has 0 unspecified atom stereocenters. The number of rotatable bonds is 8. The molecule has 4 rings (SSSR count). The molecule has 2 aromatic heterocycles. The van der Waals surface area contributed by atoms with Crippen molar-refractivity contribution in [1.82, 2.24) is 14.8 Å². The average Bonchev–Trinajstić information content (AvgIpc) is 3.30. The predicted molar refractivity (Wildman–Crippen MR) is 129 cm³/mol. The van der Waals surface area contributed by atoms with Crippen molar-refractivity contribution in [2.45, 2.75) is 25.3 Å². The number of nitrogens with zero attached hydrogens (tertiary/aromatic N) is 4. The number of aromatic nitrogens is 3. The minimum Gasteiger partial charge on any atom is -0.443 e. The van der Waals surface area contributed by atoms with Gasteiger partial charge in [0.05, 0.1) is 16.1 Å². The summed E-state index contributed by atoms with van der Waals surface area (Å²) in [5.74, 6) is -3.94. The Bertz CT molecular complexity index is 1560. The van der Waals surface area contributed by atoms with Crippen molar-refractivity contribution in [1.29, 1.82) is 0 Å². The third-order valence-electron chi connectivity index (χ3n) is 5.42. The average molecular weight is 531 g/mol. The van der Waals surface area contributed by atoms with Gasteiger partial charge < -0.3 is 4.74 Å². The molecule has 0 saturated carbocycles. The molecule has 8 nitrogen and oxygen atoms in total. The number of benzene rings is 2. The summed E-state index contributed by atoms with van der Waals surface area (Å²) < 4.78 is 78.7. The van der Waals surface area contributed by atoms with E-state index in [0.717, 1.165) is 43.3 Å². The summed E-state index contributed by atoms with van der Waals surface area (Å²) in [7, 11) is -4.65. The molecule has 0 aliphatic carbocycles. The summed E-state index contributed by atoms with van der Waals surface area (Å²) in [4.78, 5) is 14.9. The normalized spacial score (nSPS) is 11.4. The van der Waals surface area contributed by atoms with Crippen molar-refractivity contribution in [2.75, 3.05) is 11.0 Å². The Hall–Kier alpha value is -4.19. The smallest absolute Gasteiger partial charge is 0.304 e. The molecule has 0 bridgehead atoms. The second kappa shape index (κ2) is 10.4. The van der Waals surface area contributed by atoms with Gasteiger partial charge in [0.25, 0.3) is 10.0 Å². The Balaban J connectivity index is 1.93. The number of ether oxygens (including phenoxy) is 1. The zero-order chi connectivity index (χ0) is 26.7. The molecule has 0 amide bonds. The Morgan fingerprint density at radius 1 is 1.08 bits per heavy atom. The molecule has 12 heteroatoms. The molecular formula is C25H21F3N4O4S. The lowest BCUT2D eigenvalue weighted by Crippen LogP contribution is -2.35. The molecule has 4 aromatic rings. The lowest BCUT2D eigenvalue weighted by Gasteiger charge is -2.25. The predicted octanol–water partition coefficient (Wildman–Crippen LogP) is 4.77. The van der Waals surface area contributed by atoms with Crippen molar-refractivity contribution in [2.24, 2.45) is 0 Å². The maximum Gasteiger partial charge on any atom is 0.304 e. The van der Waals surface area contributed by atoms with E-state index in [4.69, 9.17) is 4.74 Å². The van der Waals surface area contributed by atoms with Crippen molar-refractivity contribution in [3.63, 3.8) is 0 Å². The van der Waals surface area contributed by atoms with Crippen molar-refractivity contribution in [3.8, 4) is 22.4 Å². The molecule has 2 heterocycles. The standard InChI is InChI=1S/C25H21F3N4O4S/c1-3-31-14-20(17-9-11-29-12-10-17)25(30-31)23-21(27)7-8-22(24(23)28)32(15-36-16(2)33)37(34,35)19-6-4-5-18(26)13-19/h4-14H,3,15H2,1-2H3. The van der Waals surface area contributed by atoms with Crippen LogP contribution in [0.2, 0.25) is 0 Å². The molecule has 2 aromatic carbocycles. The number of pyridine rings is 1. The lowest BCUT2D eigenvalue weighted by molar-refractivity contribution is -0.140. The largest absolute Gasteiger partial charge is 0.443 e. The second-order valence-electron chi connectivity index (χ2n) is 7.81. The minimum atomic E-state index is -4.65. The van der Waals surface area contributed by atoms with Crippen LogP contribution in [-0.2, 0) is 26.1 Å². The summed E-state index contributed by atoms with van der Waals surface area (Å²) in [5, 5.41) is 4.32. The van der Waals surface area contributed by atoms with E-state index < -0.39 is 56.3 Å². The van der Waals surface area contributed by atoms with Gasteiger partial charge in [-0.15, -0.1) is 0 Å². The molecule has 0 saturated heterocycles. The van der Waals surface area contributed by atoms with Gasteiger partial charge in [-0.2, -0.15) is 5.10 Å². The first-order valence-corrected chi connectivity index (χ1v) is 12.5. The van der Waals surface area contributed by atoms with Gasteiger partial charge in [-0.1, -0.05) is 6.07 Å². The van der Waals surface area contributed by atoms with Crippen LogP contribution >= 0.6 is 0 Å². The van der Waals surface area contributed by atoms with E-state index in [1.807, 2.05) is 0 Å². The summed E-state index contributed by atoms with van der Waals surface area (Å²) in [6.45, 7) is 2.30. The van der Waals surface area contributed by atoms with Gasteiger partial charge in [-0.05, 0) is 55.0 Å². The lowest BCUT2D eigenvalue weighted by atomic mass is 10.0. The minimum absolute atomic E-state index is 0.0690. The van der Waals surface area contributed by atoms with Crippen LogP contribution in [-0.4, -0.2) is 35.9 Å². The summed E-state index contributed by atoms with van der Waals surface area (Å²) >= 11 is 0. The molecule has 0 aliphatic rings. The third kappa shape index (κ3) is 5.19. The van der Waals surface area contributed by atoms with E-state index in [9.17, 15) is 17.6 Å². The fourth-order valence-electron chi connectivity index (χ4n) is 3.63. The van der Waals surface area contributed by atoms with Crippen LogP contribution in [0.25, 0.3) is 22.4 Å². The van der Waals surface area contributed by atoms with Crippen LogP contribution in [0.5, 0.6) is 0 Å². The van der Waals surface area contributed by atoms with Crippen LogP contribution < -0.4 is 4.31 Å². The first-order valence-electron chi connectivity index (χ1n) is 11.0. The highest BCUT2D eigenvalue weighted by atomic mass is 32.2. The monoisotopic (exact) mass is 530 g/mol. The fourth-order valence-corrected chi connectivity index (χ4v) is 4.99. The van der Waals surface area contributed by atoms with Crippen molar-refractivity contribution >= 4 is 21.7 Å². The summed E-state index contributed by atoms with van der Waals surface area (Å²) in [5.41, 5.74) is -0.301. The molecule has 192 valence electrons. The van der Waals surface area contributed by atoms with Crippen molar-refractivity contribution < 1.29 is 31.1 Å². The Kier molecular flexibility index (Phi) is 7.30. The number of hydrogen-bond donors (Lipinski definition) is 0. The van der Waals surface area contributed by atoms with Crippen molar-refractivity contribution in [3.05, 3.63) is 84.6 Å². The van der Waals surface area contributed by atoms with Gasteiger partial charge in [0.15, 0.2) is 12.5 Å². The highest BCUT2D eigenvalue weighted by Gasteiger charge is 2.32. The van der Waals surface area contributed by atoms with Crippen LogP contribution in [0.1, 0.15) is 13.8 Å². The van der Waals surface area contributed by atoms with Gasteiger partial charge in [0.1, 0.15) is 17.3 Å². The van der Waals surface area contributed by atoms with E-state index in [1.165, 1.54) is 17.1 Å². The third-order valence-corrected chi connectivity index (χ3v) is 7.15. The highest BCUT2D eigenvalue weighted by Crippen LogP contribution is 2.38. The highest BCUT2D eigenvalue weighted by molar-refractivity contribution is 7.92. The molecule has 0 spiro atoms. The molecule has 0 radical (unpaired) electrons. The maximum atomic E-state index is 16.1. The second-order valence-corrected chi connectivity index (χ2v) is 9.68. The number of sulfonamides is 1. The van der Waals surface area contributed by atoms with E-state index in [1.54, 1.807) is 25.3 Å². The van der Waals surface area contributed by atoms with E-state index in [-0.39, 0.29) is 5.69 Å². The first-order chi connectivity index (χ1) is 17.6. The number of esters is 1. The van der Waals surface area contributed by atoms with Gasteiger partial charge in [0, 0.05) is 37.6 Å². The zero-order valence-electron chi connectivity index (χ0n) is 19.7. The fraction of sp³-hybridized carbons (Fsp3) is 0.160. The molecule has 0 aliphatic heterocycles. The van der Waals surface area contributed by atoms with Crippen LogP contribution in [0.15, 0.2) is 72.0 Å². The number of anilines is 1. The van der Waals surface area contributed by atoms with Gasteiger partial charge in [-0.3, -0.25) is 14.5 Å². The van der Waals surface area contributed by atoms with Crippen LogP contribution in [0.4, 0.5) is 18.9 Å². The van der Waals surface area contributed by atoms with E-state index in [2.05, 4.69) is 10.1 Å². The summed E-state index contributed by atoms with van der Waals surface area (Å²) in [6, 6.07) is 9.11. The van der Waals surface area contributed by atoms with Gasteiger partial charge >= 0.3 is 5.97 Å². The molecule has 37 heavy (non-hydrogen) atoms. The Morgan fingerprint density at radius 2 is 1.81 bits per heavy atom. The molecular weight excluding hydrogens is 509 g/mol. The number of carbonyl (C=O) groups is 1.